The number of hydrogen-bond donors (Lipinski definition) is 2. The van der Waals surface area contributed by atoms with Gasteiger partial charge in [-0.3, -0.25) is 9.59 Å². The quantitative estimate of drug-likeness (QED) is 0.137. The fraction of sp³-hybridized carbons (Fsp3) is 0.417. The van der Waals surface area contributed by atoms with Gasteiger partial charge in [-0.2, -0.15) is 0 Å². The van der Waals surface area contributed by atoms with Gasteiger partial charge >= 0.3 is 0 Å². The van der Waals surface area contributed by atoms with Crippen molar-refractivity contribution in [2.75, 3.05) is 40.5 Å². The van der Waals surface area contributed by atoms with Crippen LogP contribution in [0.25, 0.3) is 0 Å². The van der Waals surface area contributed by atoms with Crippen molar-refractivity contribution in [1.29, 1.82) is 0 Å². The van der Waals surface area contributed by atoms with E-state index in [-0.39, 0.29) is 24.9 Å². The number of amides is 2. The first-order valence-corrected chi connectivity index (χ1v) is 17.7. The predicted octanol–water partition coefficient (Wildman–Crippen LogP) is 6.01. The number of benzene rings is 2. The van der Waals surface area contributed by atoms with E-state index in [1.165, 1.54) is 14.2 Å². The van der Waals surface area contributed by atoms with E-state index in [0.29, 0.717) is 30.8 Å². The number of methoxy groups -OCH3 is 2. The van der Waals surface area contributed by atoms with Crippen molar-refractivity contribution >= 4 is 147 Å². The Labute approximate surface area is 304 Å². The molecule has 2 aromatic carbocycles. The Morgan fingerprint density at radius 2 is 1.34 bits per heavy atom. The SMILES string of the molecule is CCOC(CNC(=O)c1cc(I)cc(I)c1I)OCCc1c(I)cc(C(=O)NCC(OC)OC)c(I)c1I. The summed E-state index contributed by atoms with van der Waals surface area (Å²) in [7, 11) is 3.06. The van der Waals surface area contributed by atoms with Gasteiger partial charge in [0.1, 0.15) is 0 Å². The zero-order chi connectivity index (χ0) is 28.4. The summed E-state index contributed by atoms with van der Waals surface area (Å²) in [6.45, 7) is 3.24. The smallest absolute Gasteiger partial charge is 0.252 e. The maximum absolute atomic E-state index is 12.8. The van der Waals surface area contributed by atoms with Crippen LogP contribution in [-0.2, 0) is 25.4 Å². The van der Waals surface area contributed by atoms with Gasteiger partial charge in [0, 0.05) is 42.2 Å². The number of hydrogen-bond acceptors (Lipinski definition) is 6. The van der Waals surface area contributed by atoms with Crippen molar-refractivity contribution in [3.63, 3.8) is 0 Å². The highest BCUT2D eigenvalue weighted by molar-refractivity contribution is 14.1. The molecule has 0 radical (unpaired) electrons. The molecule has 2 rings (SSSR count). The molecule has 0 aliphatic carbocycles. The highest BCUT2D eigenvalue weighted by Crippen LogP contribution is 2.29. The van der Waals surface area contributed by atoms with Crippen LogP contribution in [0.1, 0.15) is 33.2 Å². The fourth-order valence-electron chi connectivity index (χ4n) is 3.20. The highest BCUT2D eigenvalue weighted by Gasteiger charge is 2.20. The largest absolute Gasteiger partial charge is 0.354 e. The van der Waals surface area contributed by atoms with Crippen LogP contribution in [0, 0.1) is 21.4 Å². The van der Waals surface area contributed by atoms with Crippen LogP contribution in [-0.4, -0.2) is 64.9 Å². The Morgan fingerprint density at radius 3 is 1.92 bits per heavy atom. The molecule has 210 valence electrons. The summed E-state index contributed by atoms with van der Waals surface area (Å²) in [4.78, 5) is 25.6. The molecule has 0 aliphatic heterocycles. The van der Waals surface area contributed by atoms with Crippen molar-refractivity contribution < 1.29 is 28.5 Å². The number of halogens is 6. The maximum atomic E-state index is 12.8. The summed E-state index contributed by atoms with van der Waals surface area (Å²) in [5, 5.41) is 5.80. The summed E-state index contributed by atoms with van der Waals surface area (Å²) in [6.07, 6.45) is -0.440. The molecule has 2 aromatic rings. The Bertz CT molecular complexity index is 1130. The van der Waals surface area contributed by atoms with Gasteiger partial charge in [0.2, 0.25) is 0 Å². The molecule has 0 heterocycles. The second-order valence-electron chi connectivity index (χ2n) is 7.59. The lowest BCUT2D eigenvalue weighted by molar-refractivity contribution is -0.134. The molecule has 14 heteroatoms. The monoisotopic (exact) mass is 1200 g/mol. The van der Waals surface area contributed by atoms with E-state index in [2.05, 4.69) is 146 Å². The summed E-state index contributed by atoms with van der Waals surface area (Å²) < 4.78 is 27.8. The minimum absolute atomic E-state index is 0.158. The van der Waals surface area contributed by atoms with Gasteiger partial charge in [0.05, 0.1) is 30.8 Å². The minimum atomic E-state index is -0.572. The molecular formula is C24H26I6N2O6. The first-order chi connectivity index (χ1) is 18.0. The third kappa shape index (κ3) is 10.7. The molecule has 1 unspecified atom stereocenters. The summed E-state index contributed by atoms with van der Waals surface area (Å²) in [5.74, 6) is -0.342. The van der Waals surface area contributed by atoms with Crippen molar-refractivity contribution in [2.24, 2.45) is 0 Å². The fourth-order valence-corrected chi connectivity index (χ4v) is 8.54. The van der Waals surface area contributed by atoms with Gasteiger partial charge in [-0.1, -0.05) is 0 Å². The zero-order valence-corrected chi connectivity index (χ0v) is 33.6. The normalized spacial score (nSPS) is 12.1. The Hall–Kier alpha value is 1.60. The van der Waals surface area contributed by atoms with Crippen LogP contribution in [0.15, 0.2) is 18.2 Å². The lowest BCUT2D eigenvalue weighted by Gasteiger charge is -2.20. The zero-order valence-electron chi connectivity index (χ0n) is 20.6. The van der Waals surface area contributed by atoms with Crippen LogP contribution in [0.4, 0.5) is 0 Å². The molecule has 0 aliphatic rings. The first-order valence-electron chi connectivity index (χ1n) is 11.2. The van der Waals surface area contributed by atoms with E-state index < -0.39 is 12.6 Å². The number of ether oxygens (including phenoxy) is 4. The van der Waals surface area contributed by atoms with Crippen molar-refractivity contribution in [3.8, 4) is 0 Å². The van der Waals surface area contributed by atoms with Gasteiger partial charge in [-0.05, 0) is 173 Å². The Kier molecular flexibility index (Phi) is 17.2. The third-order valence-electron chi connectivity index (χ3n) is 5.13. The molecule has 8 nitrogen and oxygen atoms in total. The van der Waals surface area contributed by atoms with Gasteiger partial charge in [0.25, 0.3) is 11.8 Å². The molecule has 2 amide bonds. The van der Waals surface area contributed by atoms with Gasteiger partial charge in [0.15, 0.2) is 12.6 Å². The number of carbonyl (C=O) groups excluding carboxylic acids is 2. The highest BCUT2D eigenvalue weighted by atomic mass is 127. The molecule has 0 spiro atoms. The maximum Gasteiger partial charge on any atom is 0.252 e. The second-order valence-corrected chi connectivity index (χ2v) is 14.4. The minimum Gasteiger partial charge on any atom is -0.354 e. The number of carbonyl (C=O) groups is 2. The number of nitrogens with one attached hydrogen (secondary N) is 2. The van der Waals surface area contributed by atoms with E-state index in [1.54, 1.807) is 0 Å². The summed E-state index contributed by atoms with van der Waals surface area (Å²) in [6, 6.07) is 5.79. The molecule has 0 saturated carbocycles. The van der Waals surface area contributed by atoms with Gasteiger partial charge in [-0.25, -0.2) is 0 Å². The third-order valence-corrected chi connectivity index (χ3v) is 13.1. The lowest BCUT2D eigenvalue weighted by atomic mass is 10.1. The van der Waals surface area contributed by atoms with Crippen molar-refractivity contribution in [1.82, 2.24) is 10.6 Å². The van der Waals surface area contributed by atoms with E-state index >= 15 is 0 Å². The van der Waals surface area contributed by atoms with E-state index in [1.807, 2.05) is 25.1 Å². The van der Waals surface area contributed by atoms with Crippen molar-refractivity contribution in [3.05, 3.63) is 56.3 Å². The average Bonchev–Trinajstić information content (AvgIpc) is 2.88. The van der Waals surface area contributed by atoms with E-state index in [0.717, 1.165) is 27.0 Å². The molecule has 1 atom stereocenters. The first kappa shape index (κ1) is 35.8. The molecular weight excluding hydrogens is 1170 g/mol. The topological polar surface area (TPSA) is 95.1 Å². The summed E-state index contributed by atoms with van der Waals surface area (Å²) in [5.41, 5.74) is 2.34. The van der Waals surface area contributed by atoms with E-state index in [9.17, 15) is 9.59 Å². The Balaban J connectivity index is 2.01. The van der Waals surface area contributed by atoms with Crippen LogP contribution in [0.5, 0.6) is 0 Å². The standard InChI is InChI=1S/C24H26I6N2O6/c1-4-37-19(11-32-23(33)14-7-12(25)8-17(27)20(14)28)38-6-5-13-16(26)9-15(22(30)21(13)29)24(34)31-10-18(35-2)36-3/h7-9,18-19H,4-6,10-11H2,1-3H3,(H,31,34)(H,32,33). The van der Waals surface area contributed by atoms with Crippen LogP contribution in [0.3, 0.4) is 0 Å². The van der Waals surface area contributed by atoms with Crippen LogP contribution < -0.4 is 10.6 Å². The molecule has 38 heavy (non-hydrogen) atoms. The second kappa shape index (κ2) is 18.3. The molecule has 0 aromatic heterocycles. The number of rotatable bonds is 14. The lowest BCUT2D eigenvalue weighted by Crippen LogP contribution is -2.36. The van der Waals surface area contributed by atoms with Crippen molar-refractivity contribution in [2.45, 2.75) is 25.9 Å². The van der Waals surface area contributed by atoms with Gasteiger partial charge < -0.3 is 29.6 Å². The van der Waals surface area contributed by atoms with Gasteiger partial charge in [-0.15, -0.1) is 0 Å². The molecule has 2 N–H and O–H groups in total. The molecule has 0 fully saturated rings. The predicted molar refractivity (Wildman–Crippen MR) is 197 cm³/mol. The van der Waals surface area contributed by atoms with Crippen LogP contribution >= 0.6 is 136 Å². The Morgan fingerprint density at radius 1 is 0.763 bits per heavy atom. The van der Waals surface area contributed by atoms with E-state index in [4.69, 9.17) is 18.9 Å². The average molecular weight is 1200 g/mol. The molecule has 0 bridgehead atoms. The van der Waals surface area contributed by atoms with Crippen LogP contribution in [0.2, 0.25) is 0 Å². The molecule has 0 saturated heterocycles. The summed E-state index contributed by atoms with van der Waals surface area (Å²) >= 11 is 13.4.